The van der Waals surface area contributed by atoms with Gasteiger partial charge >= 0.3 is 5.97 Å². The molecule has 76 valence electrons. The molecule has 0 saturated heterocycles. The van der Waals surface area contributed by atoms with Crippen molar-refractivity contribution < 1.29 is 9.90 Å². The van der Waals surface area contributed by atoms with Gasteiger partial charge in [0.05, 0.1) is 30.9 Å². The summed E-state index contributed by atoms with van der Waals surface area (Å²) in [6.07, 6.45) is 0. The van der Waals surface area contributed by atoms with Crippen LogP contribution in [0.1, 0.15) is 6.92 Å². The van der Waals surface area contributed by atoms with Crippen molar-refractivity contribution in [3.8, 4) is 12.1 Å². The highest BCUT2D eigenvalue weighted by Gasteiger charge is 2.20. The molecule has 0 spiro atoms. The first kappa shape index (κ1) is 12.9. The van der Waals surface area contributed by atoms with Crippen molar-refractivity contribution in [2.24, 2.45) is 0 Å². The Labute approximate surface area is 91.6 Å². The minimum atomic E-state index is -1.60. The monoisotopic (exact) mass is 212 g/mol. The lowest BCUT2D eigenvalue weighted by molar-refractivity contribution is -0.132. The highest BCUT2D eigenvalue weighted by molar-refractivity contribution is 5.92. The van der Waals surface area contributed by atoms with Crippen molar-refractivity contribution in [3.63, 3.8) is 0 Å². The Hall–Kier alpha value is -3.09. The number of aliphatic carboxylic acids is 1. The summed E-state index contributed by atoms with van der Waals surface area (Å²) in [5.41, 5.74) is -1.95. The summed E-state index contributed by atoms with van der Waals surface area (Å²) in [4.78, 5) is 16.2. The van der Waals surface area contributed by atoms with E-state index >= 15 is 0 Å². The first-order chi connectivity index (χ1) is 7.53. The van der Waals surface area contributed by atoms with Gasteiger partial charge in [-0.25, -0.2) is 9.69 Å². The molecule has 6 nitrogen and oxygen atoms in total. The number of rotatable bonds is 2. The molecule has 0 unspecified atom stereocenters. The van der Waals surface area contributed by atoms with Gasteiger partial charge in [0.2, 0.25) is 5.70 Å². The average molecular weight is 212 g/mol. The third-order valence-electron chi connectivity index (χ3n) is 1.53. The zero-order valence-electron chi connectivity index (χ0n) is 8.14. The van der Waals surface area contributed by atoms with Gasteiger partial charge in [-0.2, -0.15) is 10.5 Å². The van der Waals surface area contributed by atoms with Crippen molar-refractivity contribution in [3.05, 3.63) is 45.4 Å². The lowest BCUT2D eigenvalue weighted by atomic mass is 10.1. The van der Waals surface area contributed by atoms with Crippen LogP contribution in [0.2, 0.25) is 0 Å². The Kier molecular flexibility index (Phi) is 4.52. The minimum Gasteiger partial charge on any atom is -0.486 e. The average Bonchev–Trinajstić information content (AvgIpc) is 2.27. The number of hydrogen-bond donors (Lipinski definition) is 1. The van der Waals surface area contributed by atoms with Gasteiger partial charge in [-0.1, -0.05) is 0 Å². The molecule has 0 aliphatic rings. The standard InChI is InChI=1S/C10H4N4O2/c1-6(4-11)8(13-2)7(5-12)9(14-3)10(15)16/h1H3,(H,15,16)/b8-6+,9-7-. The summed E-state index contributed by atoms with van der Waals surface area (Å²) < 4.78 is 0. The van der Waals surface area contributed by atoms with Crippen molar-refractivity contribution in [2.45, 2.75) is 6.92 Å². The number of allylic oxidation sites excluding steroid dienone is 2. The van der Waals surface area contributed by atoms with E-state index in [2.05, 4.69) is 9.69 Å². The molecule has 6 heteroatoms. The van der Waals surface area contributed by atoms with E-state index in [-0.39, 0.29) is 5.57 Å². The molecule has 16 heavy (non-hydrogen) atoms. The Morgan fingerprint density at radius 2 is 1.69 bits per heavy atom. The first-order valence-corrected chi connectivity index (χ1v) is 3.77. The molecule has 0 amide bonds. The highest BCUT2D eigenvalue weighted by Crippen LogP contribution is 2.20. The van der Waals surface area contributed by atoms with E-state index in [1.165, 1.54) is 13.0 Å². The van der Waals surface area contributed by atoms with Crippen LogP contribution >= 0.6 is 0 Å². The van der Waals surface area contributed by atoms with E-state index in [0.717, 1.165) is 0 Å². The van der Waals surface area contributed by atoms with Gasteiger partial charge in [0.25, 0.3) is 5.70 Å². The second-order valence-electron chi connectivity index (χ2n) is 2.45. The summed E-state index contributed by atoms with van der Waals surface area (Å²) in [6.45, 7) is 14.7. The smallest absolute Gasteiger partial charge is 0.333 e. The normalized spacial score (nSPS) is 11.8. The molecule has 0 aromatic rings. The van der Waals surface area contributed by atoms with Crippen LogP contribution in [-0.4, -0.2) is 11.1 Å². The van der Waals surface area contributed by atoms with E-state index in [4.69, 9.17) is 28.8 Å². The van der Waals surface area contributed by atoms with Crippen molar-refractivity contribution in [1.82, 2.24) is 0 Å². The predicted molar refractivity (Wildman–Crippen MR) is 51.8 cm³/mol. The van der Waals surface area contributed by atoms with E-state index in [1.54, 1.807) is 6.07 Å². The third-order valence-corrected chi connectivity index (χ3v) is 1.53. The van der Waals surface area contributed by atoms with E-state index < -0.39 is 22.9 Å². The van der Waals surface area contributed by atoms with Crippen LogP contribution in [-0.2, 0) is 4.79 Å². The van der Waals surface area contributed by atoms with Gasteiger partial charge in [0.15, 0.2) is 0 Å². The second kappa shape index (κ2) is 5.60. The molecule has 0 aromatic carbocycles. The fourth-order valence-electron chi connectivity index (χ4n) is 0.809. The van der Waals surface area contributed by atoms with Crippen molar-refractivity contribution in [1.29, 1.82) is 10.5 Å². The lowest BCUT2D eigenvalue weighted by Crippen LogP contribution is -2.02. The first-order valence-electron chi connectivity index (χ1n) is 3.77. The summed E-state index contributed by atoms with van der Waals surface area (Å²) in [6, 6.07) is 3.10. The molecular formula is C10H4N4O2. The van der Waals surface area contributed by atoms with E-state index in [9.17, 15) is 4.79 Å². The SMILES string of the molecule is [C-]#[N+]/C(C(=O)O)=C(C#N)\C([N+]#[C-])=C(\C)C#N. The van der Waals surface area contributed by atoms with Gasteiger partial charge in [0, 0.05) is 5.57 Å². The maximum Gasteiger partial charge on any atom is 0.333 e. The topological polar surface area (TPSA) is 93.6 Å². The largest absolute Gasteiger partial charge is 0.486 e. The highest BCUT2D eigenvalue weighted by atomic mass is 16.4. The Morgan fingerprint density at radius 1 is 1.19 bits per heavy atom. The number of carbonyl (C=O) groups is 1. The number of nitriles is 2. The van der Waals surface area contributed by atoms with E-state index in [1.807, 2.05) is 0 Å². The number of carboxylic acids is 1. The number of carboxylic acid groups (broad SMARTS) is 1. The predicted octanol–water partition coefficient (Wildman–Crippen LogP) is 1.48. The van der Waals surface area contributed by atoms with Gasteiger partial charge in [-0.3, -0.25) is 4.79 Å². The molecule has 0 aromatic heterocycles. The van der Waals surface area contributed by atoms with Gasteiger partial charge in [0.1, 0.15) is 0 Å². The zero-order chi connectivity index (χ0) is 12.7. The quantitative estimate of drug-likeness (QED) is 0.324. The minimum absolute atomic E-state index is 0.103. The maximum atomic E-state index is 10.6. The second-order valence-corrected chi connectivity index (χ2v) is 2.45. The van der Waals surface area contributed by atoms with Crippen LogP contribution < -0.4 is 0 Å². The fraction of sp³-hybridized carbons (Fsp3) is 0.100. The molecule has 0 atom stereocenters. The molecule has 0 aliphatic carbocycles. The van der Waals surface area contributed by atoms with Crippen LogP contribution in [0.3, 0.4) is 0 Å². The third kappa shape index (κ3) is 2.45. The summed E-state index contributed by atoms with van der Waals surface area (Å²) in [5.74, 6) is -1.60. The zero-order valence-corrected chi connectivity index (χ0v) is 8.14. The molecule has 0 fully saturated rings. The Morgan fingerprint density at radius 3 is 1.94 bits per heavy atom. The molecule has 1 N–H and O–H groups in total. The number of nitrogens with zero attached hydrogens (tertiary/aromatic N) is 4. The Bertz CT molecular complexity index is 556. The van der Waals surface area contributed by atoms with Crippen LogP contribution in [0.4, 0.5) is 0 Å². The van der Waals surface area contributed by atoms with Crippen LogP contribution in [0, 0.1) is 35.8 Å². The molecule has 0 heterocycles. The summed E-state index contributed by atoms with van der Waals surface area (Å²) in [7, 11) is 0. The van der Waals surface area contributed by atoms with Gasteiger partial charge < -0.3 is 5.11 Å². The lowest BCUT2D eigenvalue weighted by Gasteiger charge is -1.98. The molecule has 0 aliphatic heterocycles. The Balaban J connectivity index is 6.19. The summed E-state index contributed by atoms with van der Waals surface area (Å²) >= 11 is 0. The van der Waals surface area contributed by atoms with Crippen LogP contribution in [0.25, 0.3) is 9.69 Å². The van der Waals surface area contributed by atoms with Gasteiger partial charge in [-0.05, 0) is 6.92 Å². The summed E-state index contributed by atoms with van der Waals surface area (Å²) in [5, 5.41) is 25.9. The molecule has 0 rings (SSSR count). The van der Waals surface area contributed by atoms with Crippen molar-refractivity contribution >= 4 is 5.97 Å². The van der Waals surface area contributed by atoms with Crippen LogP contribution in [0.5, 0.6) is 0 Å². The van der Waals surface area contributed by atoms with Crippen molar-refractivity contribution in [2.75, 3.05) is 0 Å². The fourth-order valence-corrected chi connectivity index (χ4v) is 0.809. The number of hydrogen-bond acceptors (Lipinski definition) is 3. The molecule has 0 bridgehead atoms. The molecule has 0 radical (unpaired) electrons. The van der Waals surface area contributed by atoms with E-state index in [0.29, 0.717) is 0 Å². The van der Waals surface area contributed by atoms with Crippen LogP contribution in [0.15, 0.2) is 22.5 Å². The van der Waals surface area contributed by atoms with Gasteiger partial charge in [-0.15, -0.1) is 0 Å². The molecule has 0 saturated carbocycles. The molecular weight excluding hydrogens is 208 g/mol. The maximum absolute atomic E-state index is 10.6.